The Labute approximate surface area is 134 Å². The number of fused-ring (bicyclic) bond motifs is 1. The first-order chi connectivity index (χ1) is 11.3. The van der Waals surface area contributed by atoms with Crippen LogP contribution in [-0.2, 0) is 6.42 Å². The Hall–Kier alpha value is -2.83. The largest absolute Gasteiger partial charge is 0.493 e. The van der Waals surface area contributed by atoms with Crippen LogP contribution in [0.5, 0.6) is 11.5 Å². The molecule has 7 nitrogen and oxygen atoms in total. The van der Waals surface area contributed by atoms with Gasteiger partial charge in [0, 0.05) is 6.54 Å². The minimum absolute atomic E-state index is 0.669. The molecule has 2 aromatic heterocycles. The SMILES string of the molecule is COc1ccc(CCCNc2ncnc3nc[nH]c23)cc1OC. The van der Waals surface area contributed by atoms with Crippen molar-refractivity contribution in [1.82, 2.24) is 19.9 Å². The molecule has 0 fully saturated rings. The maximum absolute atomic E-state index is 5.32. The lowest BCUT2D eigenvalue weighted by molar-refractivity contribution is 0.354. The second kappa shape index (κ2) is 6.95. The molecular weight excluding hydrogens is 294 g/mol. The van der Waals surface area contributed by atoms with Crippen molar-refractivity contribution in [3.05, 3.63) is 36.4 Å². The van der Waals surface area contributed by atoms with E-state index in [0.717, 1.165) is 42.2 Å². The summed E-state index contributed by atoms with van der Waals surface area (Å²) in [7, 11) is 3.29. The van der Waals surface area contributed by atoms with E-state index in [2.05, 4.69) is 31.3 Å². The van der Waals surface area contributed by atoms with E-state index in [9.17, 15) is 0 Å². The van der Waals surface area contributed by atoms with Crippen molar-refractivity contribution < 1.29 is 9.47 Å². The molecule has 0 spiro atoms. The molecule has 7 heteroatoms. The summed E-state index contributed by atoms with van der Waals surface area (Å²) in [4.78, 5) is 15.5. The second-order valence-corrected chi connectivity index (χ2v) is 5.04. The monoisotopic (exact) mass is 313 g/mol. The van der Waals surface area contributed by atoms with Crippen LogP contribution in [0.1, 0.15) is 12.0 Å². The van der Waals surface area contributed by atoms with Crippen molar-refractivity contribution in [3.8, 4) is 11.5 Å². The summed E-state index contributed by atoms with van der Waals surface area (Å²) in [5, 5.41) is 3.32. The minimum Gasteiger partial charge on any atom is -0.493 e. The van der Waals surface area contributed by atoms with Crippen LogP contribution in [0.15, 0.2) is 30.9 Å². The van der Waals surface area contributed by atoms with Crippen molar-refractivity contribution in [3.63, 3.8) is 0 Å². The van der Waals surface area contributed by atoms with Gasteiger partial charge in [0.25, 0.3) is 0 Å². The molecule has 0 atom stereocenters. The number of imidazole rings is 1. The lowest BCUT2D eigenvalue weighted by atomic mass is 10.1. The predicted molar refractivity (Wildman–Crippen MR) is 88.0 cm³/mol. The van der Waals surface area contributed by atoms with Crippen molar-refractivity contribution >= 4 is 17.0 Å². The molecular formula is C16H19N5O2. The Bertz CT molecular complexity index is 787. The van der Waals surface area contributed by atoms with E-state index in [1.807, 2.05) is 12.1 Å². The highest BCUT2D eigenvalue weighted by Crippen LogP contribution is 2.28. The molecule has 0 radical (unpaired) electrons. The molecule has 0 aliphatic heterocycles. The third-order valence-electron chi connectivity index (χ3n) is 3.61. The van der Waals surface area contributed by atoms with Gasteiger partial charge in [-0.25, -0.2) is 15.0 Å². The van der Waals surface area contributed by atoms with E-state index in [1.54, 1.807) is 20.5 Å². The summed E-state index contributed by atoms with van der Waals surface area (Å²) in [6.07, 6.45) is 5.04. The van der Waals surface area contributed by atoms with Gasteiger partial charge in [-0.15, -0.1) is 0 Å². The molecule has 23 heavy (non-hydrogen) atoms. The first-order valence-electron chi connectivity index (χ1n) is 7.40. The normalized spacial score (nSPS) is 10.7. The fraction of sp³-hybridized carbons (Fsp3) is 0.312. The van der Waals surface area contributed by atoms with Crippen molar-refractivity contribution in [2.24, 2.45) is 0 Å². The zero-order valence-corrected chi connectivity index (χ0v) is 13.2. The average molecular weight is 313 g/mol. The highest BCUT2D eigenvalue weighted by Gasteiger charge is 2.06. The van der Waals surface area contributed by atoms with Crippen LogP contribution >= 0.6 is 0 Å². The number of aromatic amines is 1. The number of nitrogens with zero attached hydrogens (tertiary/aromatic N) is 3. The topological polar surface area (TPSA) is 85.0 Å². The first-order valence-corrected chi connectivity index (χ1v) is 7.40. The third kappa shape index (κ3) is 3.33. The zero-order valence-electron chi connectivity index (χ0n) is 13.2. The van der Waals surface area contributed by atoms with Gasteiger partial charge in [0.1, 0.15) is 11.8 Å². The van der Waals surface area contributed by atoms with Crippen molar-refractivity contribution in [2.75, 3.05) is 26.1 Å². The number of anilines is 1. The van der Waals surface area contributed by atoms with Crippen LogP contribution in [0, 0.1) is 0 Å². The summed E-state index contributed by atoms with van der Waals surface area (Å²) in [6.45, 7) is 0.805. The number of benzene rings is 1. The van der Waals surface area contributed by atoms with Crippen LogP contribution in [-0.4, -0.2) is 40.7 Å². The maximum atomic E-state index is 5.32. The summed E-state index contributed by atoms with van der Waals surface area (Å²) in [5.41, 5.74) is 2.71. The van der Waals surface area contributed by atoms with E-state index in [-0.39, 0.29) is 0 Å². The molecule has 120 valence electrons. The Morgan fingerprint density at radius 1 is 1.09 bits per heavy atom. The molecule has 2 heterocycles. The third-order valence-corrected chi connectivity index (χ3v) is 3.61. The molecule has 0 saturated heterocycles. The number of aromatic nitrogens is 4. The Balaban J connectivity index is 1.56. The van der Waals surface area contributed by atoms with E-state index < -0.39 is 0 Å². The molecule has 2 N–H and O–H groups in total. The molecule has 3 aromatic rings. The summed E-state index contributed by atoms with van der Waals surface area (Å²) >= 11 is 0. The lowest BCUT2D eigenvalue weighted by Crippen LogP contribution is -2.05. The number of aryl methyl sites for hydroxylation is 1. The number of nitrogens with one attached hydrogen (secondary N) is 2. The maximum Gasteiger partial charge on any atom is 0.182 e. The number of methoxy groups -OCH3 is 2. The van der Waals surface area contributed by atoms with Crippen LogP contribution in [0.4, 0.5) is 5.82 Å². The van der Waals surface area contributed by atoms with Crippen LogP contribution in [0.2, 0.25) is 0 Å². The van der Waals surface area contributed by atoms with Gasteiger partial charge in [-0.2, -0.15) is 0 Å². The van der Waals surface area contributed by atoms with Crippen molar-refractivity contribution in [2.45, 2.75) is 12.8 Å². The molecule has 0 aliphatic rings. The van der Waals surface area contributed by atoms with Crippen LogP contribution in [0.3, 0.4) is 0 Å². The smallest absolute Gasteiger partial charge is 0.182 e. The fourth-order valence-corrected chi connectivity index (χ4v) is 2.43. The van der Waals surface area contributed by atoms with E-state index in [1.165, 1.54) is 11.9 Å². The molecule has 0 amide bonds. The van der Waals surface area contributed by atoms with E-state index in [0.29, 0.717) is 5.65 Å². The number of hydrogen-bond acceptors (Lipinski definition) is 6. The highest BCUT2D eigenvalue weighted by molar-refractivity contribution is 5.81. The van der Waals surface area contributed by atoms with Crippen molar-refractivity contribution in [1.29, 1.82) is 0 Å². The zero-order chi connectivity index (χ0) is 16.1. The fourth-order valence-electron chi connectivity index (χ4n) is 2.43. The van der Waals surface area contributed by atoms with E-state index >= 15 is 0 Å². The highest BCUT2D eigenvalue weighted by atomic mass is 16.5. The van der Waals surface area contributed by atoms with Gasteiger partial charge in [-0.3, -0.25) is 0 Å². The predicted octanol–water partition coefficient (Wildman–Crippen LogP) is 2.41. The second-order valence-electron chi connectivity index (χ2n) is 5.04. The summed E-state index contributed by atoms with van der Waals surface area (Å²) in [6, 6.07) is 6.00. The van der Waals surface area contributed by atoms with E-state index in [4.69, 9.17) is 9.47 Å². The molecule has 0 bridgehead atoms. The van der Waals surface area contributed by atoms with Gasteiger partial charge in [0.15, 0.2) is 23.0 Å². The molecule has 0 saturated carbocycles. The Morgan fingerprint density at radius 3 is 2.78 bits per heavy atom. The number of H-pyrrole nitrogens is 1. The summed E-state index contributed by atoms with van der Waals surface area (Å²) in [5.74, 6) is 2.28. The average Bonchev–Trinajstić information content (AvgIpc) is 3.08. The molecule has 3 rings (SSSR count). The summed E-state index contributed by atoms with van der Waals surface area (Å²) < 4.78 is 10.6. The number of ether oxygens (including phenoxy) is 2. The lowest BCUT2D eigenvalue weighted by Gasteiger charge is -2.10. The van der Waals surface area contributed by atoms with Crippen LogP contribution in [0.25, 0.3) is 11.2 Å². The van der Waals surface area contributed by atoms with Gasteiger partial charge in [0.2, 0.25) is 0 Å². The molecule has 1 aromatic carbocycles. The number of hydrogen-bond donors (Lipinski definition) is 2. The number of rotatable bonds is 7. The van der Waals surface area contributed by atoms with Crippen LogP contribution < -0.4 is 14.8 Å². The van der Waals surface area contributed by atoms with Gasteiger partial charge >= 0.3 is 0 Å². The van der Waals surface area contributed by atoms with Gasteiger partial charge in [-0.1, -0.05) is 6.07 Å². The van der Waals surface area contributed by atoms with Gasteiger partial charge < -0.3 is 19.8 Å². The molecule has 0 unspecified atom stereocenters. The Kier molecular flexibility index (Phi) is 4.56. The minimum atomic E-state index is 0.669. The Morgan fingerprint density at radius 2 is 1.96 bits per heavy atom. The van der Waals surface area contributed by atoms with Gasteiger partial charge in [-0.05, 0) is 30.5 Å². The molecule has 0 aliphatic carbocycles. The standard InChI is InChI=1S/C16H19N5O2/c1-22-12-6-5-11(8-13(12)23-2)4-3-7-17-15-14-16(19-9-18-14)21-10-20-15/h5-6,8-10H,3-4,7H2,1-2H3,(H2,17,18,19,20,21). The first kappa shape index (κ1) is 15.1. The van der Waals surface area contributed by atoms with Gasteiger partial charge in [0.05, 0.1) is 20.5 Å². The quantitative estimate of drug-likeness (QED) is 0.652.